The molecule has 0 radical (unpaired) electrons. The van der Waals surface area contributed by atoms with E-state index in [1.807, 2.05) is 30.3 Å². The van der Waals surface area contributed by atoms with E-state index in [9.17, 15) is 19.8 Å². The van der Waals surface area contributed by atoms with Crippen LogP contribution in [0.15, 0.2) is 66.4 Å². The Hall–Kier alpha value is -3.73. The Bertz CT molecular complexity index is 2040. The number of carbonyl (C=O) groups excluding carboxylic acids is 2. The number of esters is 1. The first-order valence-electron chi connectivity index (χ1n) is 19.1. The van der Waals surface area contributed by atoms with Gasteiger partial charge >= 0.3 is 5.97 Å². The average molecular weight is 739 g/mol. The lowest BCUT2D eigenvalue weighted by Gasteiger charge is -2.57. The monoisotopic (exact) mass is 738 g/mol. The van der Waals surface area contributed by atoms with E-state index < -0.39 is 0 Å². The number of aliphatic hydroxyl groups excluding tert-OH is 2. The first-order chi connectivity index (χ1) is 25.3. The highest BCUT2D eigenvalue weighted by atomic mass is 35.5. The van der Waals surface area contributed by atoms with Crippen LogP contribution < -0.4 is 9.47 Å². The molecule has 278 valence electrons. The number of piperidine rings is 2. The molecule has 2 unspecified atom stereocenters. The number of nitrogens with zero attached hydrogens (tertiary/aromatic N) is 2. The number of aliphatic hydroxyl groups is 2. The number of ketones is 1. The van der Waals surface area contributed by atoms with Crippen LogP contribution in [0, 0.1) is 11.8 Å². The molecule has 53 heavy (non-hydrogen) atoms. The molecule has 2 saturated heterocycles. The molecule has 4 aliphatic heterocycles. The van der Waals surface area contributed by atoms with Gasteiger partial charge in [-0.05, 0) is 107 Å². The summed E-state index contributed by atoms with van der Waals surface area (Å²) in [4.78, 5) is 30.4. The van der Waals surface area contributed by atoms with Crippen molar-refractivity contribution in [2.75, 3.05) is 27.2 Å². The zero-order chi connectivity index (χ0) is 35.5. The Kier molecular flexibility index (Phi) is 8.37. The fourth-order valence-electron chi connectivity index (χ4n) is 12.1. The van der Waals surface area contributed by atoms with Gasteiger partial charge in [-0.15, -0.1) is 12.4 Å². The molecule has 8 aliphatic rings. The van der Waals surface area contributed by atoms with Crippen LogP contribution in [0.25, 0.3) is 0 Å². The minimum atomic E-state index is -0.348. The summed E-state index contributed by atoms with van der Waals surface area (Å²) in [7, 11) is 4.43. The summed E-state index contributed by atoms with van der Waals surface area (Å²) in [5, 5.41) is 19.6. The summed E-state index contributed by atoms with van der Waals surface area (Å²) < 4.78 is 18.7. The van der Waals surface area contributed by atoms with Crippen LogP contribution in [0.2, 0.25) is 0 Å². The molecular weight excluding hydrogens is 692 g/mol. The third kappa shape index (κ3) is 4.70. The molecule has 3 aromatic carbocycles. The van der Waals surface area contributed by atoms with Gasteiger partial charge < -0.3 is 34.2 Å². The Morgan fingerprint density at radius 3 is 1.98 bits per heavy atom. The maximum Gasteiger partial charge on any atom is 0.343 e. The molecular formula is C43H47ClN2O7. The predicted octanol–water partition coefficient (Wildman–Crippen LogP) is 5.04. The first-order valence-corrected chi connectivity index (χ1v) is 19.1. The SMILES string of the molecule is CN1CC[C@]23c4c5ccc(CO)c4O[C@H]2C(=O)CCC3[C@H]1C5.CN1CC[C@]23c4c5ccc(CO)c4O[C@H]2C(OC(=O)c2ccccc2)=CCC3[C@H]1C5.Cl. The molecule has 0 aromatic heterocycles. The Morgan fingerprint density at radius 1 is 0.811 bits per heavy atom. The van der Waals surface area contributed by atoms with Crippen LogP contribution in [0.5, 0.6) is 11.5 Å². The lowest BCUT2D eigenvalue weighted by atomic mass is 9.51. The van der Waals surface area contributed by atoms with Gasteiger partial charge in [0.15, 0.2) is 18.0 Å². The second kappa shape index (κ2) is 12.7. The number of benzene rings is 3. The van der Waals surface area contributed by atoms with E-state index in [0.29, 0.717) is 41.7 Å². The molecule has 9 nitrogen and oxygen atoms in total. The van der Waals surface area contributed by atoms with E-state index in [0.717, 1.165) is 74.2 Å². The fourth-order valence-corrected chi connectivity index (χ4v) is 12.1. The number of rotatable bonds is 4. The van der Waals surface area contributed by atoms with Crippen LogP contribution in [-0.4, -0.2) is 83.2 Å². The van der Waals surface area contributed by atoms with Crippen molar-refractivity contribution in [3.63, 3.8) is 0 Å². The summed E-state index contributed by atoms with van der Waals surface area (Å²) in [5.41, 5.74) is 7.06. The van der Waals surface area contributed by atoms with Crippen LogP contribution in [0.1, 0.15) is 75.8 Å². The van der Waals surface area contributed by atoms with Crippen molar-refractivity contribution < 1.29 is 34.0 Å². The van der Waals surface area contributed by atoms with E-state index in [2.05, 4.69) is 42.1 Å². The minimum absolute atomic E-state index is 0. The number of ether oxygens (including phenoxy) is 3. The third-order valence-corrected chi connectivity index (χ3v) is 14.4. The first kappa shape index (κ1) is 35.0. The molecule has 0 amide bonds. The lowest BCUT2D eigenvalue weighted by Crippen LogP contribution is -2.65. The zero-order valence-corrected chi connectivity index (χ0v) is 31.1. The Labute approximate surface area is 316 Å². The summed E-state index contributed by atoms with van der Waals surface area (Å²) in [6.45, 7) is 1.94. The molecule has 8 atom stereocenters. The third-order valence-electron chi connectivity index (χ3n) is 14.4. The lowest BCUT2D eigenvalue weighted by molar-refractivity contribution is -0.138. The van der Waals surface area contributed by atoms with Crippen molar-refractivity contribution in [3.8, 4) is 11.5 Å². The summed E-state index contributed by atoms with van der Waals surface area (Å²) in [5.74, 6) is 3.10. The van der Waals surface area contributed by atoms with Crippen molar-refractivity contribution in [1.29, 1.82) is 0 Å². The van der Waals surface area contributed by atoms with Gasteiger partial charge in [-0.2, -0.15) is 0 Å². The zero-order valence-electron chi connectivity index (χ0n) is 30.3. The van der Waals surface area contributed by atoms with Crippen LogP contribution in [0.4, 0.5) is 0 Å². The van der Waals surface area contributed by atoms with Crippen LogP contribution in [0.3, 0.4) is 0 Å². The number of likely N-dealkylation sites (N-methyl/N-ethyl adjacent to an activating group) is 2. The second-order valence-electron chi connectivity index (χ2n) is 16.4. The maximum absolute atomic E-state index is 12.8. The predicted molar refractivity (Wildman–Crippen MR) is 199 cm³/mol. The summed E-state index contributed by atoms with van der Waals surface area (Å²) >= 11 is 0. The molecule has 4 aliphatic carbocycles. The van der Waals surface area contributed by atoms with Crippen LogP contribution in [-0.2, 0) is 46.4 Å². The minimum Gasteiger partial charge on any atom is -0.481 e. The van der Waals surface area contributed by atoms with E-state index in [-0.39, 0.29) is 60.4 Å². The highest BCUT2D eigenvalue weighted by Gasteiger charge is 2.66. The number of halogens is 1. The normalized spacial score (nSPS) is 33.5. The largest absolute Gasteiger partial charge is 0.481 e. The molecule has 10 heteroatoms. The molecule has 1 saturated carbocycles. The number of Topliss-reactive ketones (excluding diaryl/α,β-unsaturated/α-hetero) is 1. The number of carbonyl (C=O) groups is 2. The number of likely N-dealkylation sites (tertiary alicyclic amines) is 2. The topological polar surface area (TPSA) is 109 Å². The molecule has 11 rings (SSSR count). The van der Waals surface area contributed by atoms with Gasteiger partial charge in [0.05, 0.1) is 18.8 Å². The van der Waals surface area contributed by atoms with Crippen LogP contribution >= 0.6 is 12.4 Å². The Morgan fingerprint density at radius 2 is 1.38 bits per heavy atom. The maximum atomic E-state index is 12.8. The van der Waals surface area contributed by atoms with E-state index in [1.165, 1.54) is 22.3 Å². The average Bonchev–Trinajstić information content (AvgIpc) is 3.71. The highest BCUT2D eigenvalue weighted by molar-refractivity contribution is 5.90. The highest BCUT2D eigenvalue weighted by Crippen LogP contribution is 2.64. The van der Waals surface area contributed by atoms with Crippen molar-refractivity contribution in [2.45, 2.75) is 93.3 Å². The molecule has 2 spiro atoms. The smallest absolute Gasteiger partial charge is 0.343 e. The molecule has 3 fully saturated rings. The summed E-state index contributed by atoms with van der Waals surface area (Å²) in [6.07, 6.45) is 7.92. The molecule has 3 aromatic rings. The second-order valence-corrected chi connectivity index (χ2v) is 16.4. The standard InChI is InChI=1S/C25H25NO4.C18H21NO3.ClH/c1-26-12-11-25-18-9-10-20(29-24(28)15-5-3-2-4-6-15)23(25)30-22-17(14-27)8-7-16(21(22)25)13-19(18)26;1-19-7-6-18-12-4-5-14(21)17(18)22-16-11(9-20)3-2-10(15(16)18)8-13(12)19;/h2-8,10,18-19,23,27H,9,11-14H2,1H3;2-3,12-13,17,20H,4-9H2,1H3;1H/t18?,19-,23+,25+;12?,13-,17+,18+;/m11./s1. The van der Waals surface area contributed by atoms with Gasteiger partial charge in [0.2, 0.25) is 0 Å². The quantitative estimate of drug-likeness (QED) is 0.356. The fraction of sp³-hybridized carbons (Fsp3) is 0.488. The van der Waals surface area contributed by atoms with E-state index in [1.54, 1.807) is 12.1 Å². The number of hydrogen-bond acceptors (Lipinski definition) is 9. The van der Waals surface area contributed by atoms with E-state index >= 15 is 0 Å². The van der Waals surface area contributed by atoms with Gasteiger partial charge in [-0.1, -0.05) is 42.5 Å². The number of hydrogen-bond donors (Lipinski definition) is 2. The van der Waals surface area contributed by atoms with Crippen molar-refractivity contribution in [3.05, 3.63) is 105 Å². The van der Waals surface area contributed by atoms with Gasteiger partial charge in [0, 0.05) is 51.6 Å². The van der Waals surface area contributed by atoms with Crippen molar-refractivity contribution >= 4 is 24.2 Å². The van der Waals surface area contributed by atoms with Gasteiger partial charge in [-0.25, -0.2) is 4.79 Å². The molecule has 4 bridgehead atoms. The van der Waals surface area contributed by atoms with Gasteiger partial charge in [0.1, 0.15) is 17.3 Å². The number of allylic oxidation sites excluding steroid dienone is 1. The molecule has 4 heterocycles. The summed E-state index contributed by atoms with van der Waals surface area (Å²) in [6, 6.07) is 18.3. The van der Waals surface area contributed by atoms with Crippen molar-refractivity contribution in [1.82, 2.24) is 9.80 Å². The van der Waals surface area contributed by atoms with Crippen molar-refractivity contribution in [2.24, 2.45) is 11.8 Å². The molecule has 2 N–H and O–H groups in total. The van der Waals surface area contributed by atoms with E-state index in [4.69, 9.17) is 14.2 Å². The van der Waals surface area contributed by atoms with Gasteiger partial charge in [0.25, 0.3) is 0 Å². The van der Waals surface area contributed by atoms with Gasteiger partial charge in [-0.3, -0.25) is 4.79 Å². The Balaban J connectivity index is 0.000000144.